The monoisotopic (exact) mass is 440 g/mol. The van der Waals surface area contributed by atoms with Crippen LogP contribution in [0.5, 0.6) is 11.5 Å². The second kappa shape index (κ2) is 7.84. The third kappa shape index (κ3) is 4.40. The molecule has 0 spiro atoms. The summed E-state index contributed by atoms with van der Waals surface area (Å²) in [5.74, 6) is -0.529. The summed E-state index contributed by atoms with van der Waals surface area (Å²) in [6.07, 6.45) is -3.22. The van der Waals surface area contributed by atoms with Crippen molar-refractivity contribution in [3.05, 3.63) is 68.6 Å². The average Bonchev–Trinajstić information content (AvgIpc) is 2.89. The number of likely N-dealkylation sites (N-methyl/N-ethyl adjacent to an activating group) is 1. The van der Waals surface area contributed by atoms with E-state index in [9.17, 15) is 28.1 Å². The van der Waals surface area contributed by atoms with Gasteiger partial charge in [-0.1, -0.05) is 42.2 Å². The van der Waals surface area contributed by atoms with E-state index in [0.29, 0.717) is 26.9 Å². The van der Waals surface area contributed by atoms with Gasteiger partial charge in [0.05, 0.1) is 15.4 Å². The van der Waals surface area contributed by atoms with Gasteiger partial charge in [0.25, 0.3) is 5.91 Å². The molecule has 2 aromatic carbocycles. The fourth-order valence-corrected chi connectivity index (χ4v) is 3.59. The van der Waals surface area contributed by atoms with Crippen molar-refractivity contribution >= 4 is 46.0 Å². The number of benzene rings is 2. The molecule has 0 N–H and O–H groups in total. The summed E-state index contributed by atoms with van der Waals surface area (Å²) in [5, 5.41) is 11.2. The molecule has 1 amide bonds. The van der Waals surface area contributed by atoms with Crippen LogP contribution in [0.15, 0.2) is 47.4 Å². The fraction of sp³-hybridized carbons (Fsp3) is 0.111. The summed E-state index contributed by atoms with van der Waals surface area (Å²) in [6.45, 7) is 0. The lowest BCUT2D eigenvalue weighted by molar-refractivity contribution is -0.385. The van der Waals surface area contributed by atoms with Crippen LogP contribution in [-0.2, 0) is 11.0 Å². The van der Waals surface area contributed by atoms with Gasteiger partial charge in [-0.3, -0.25) is 19.8 Å². The Bertz CT molecular complexity index is 1050. The van der Waals surface area contributed by atoms with E-state index in [-0.39, 0.29) is 17.4 Å². The number of nitrogens with zero attached hydrogens (tertiary/aromatic N) is 2. The van der Waals surface area contributed by atoms with Crippen LogP contribution < -0.4 is 4.74 Å². The Kier molecular flexibility index (Phi) is 5.62. The molecule has 6 nitrogen and oxygen atoms in total. The van der Waals surface area contributed by atoms with Crippen LogP contribution in [0, 0.1) is 10.1 Å². The number of thiocarbonyl (C=S) groups is 1. The number of nitro benzene ring substituents is 1. The molecule has 1 aliphatic rings. The zero-order valence-corrected chi connectivity index (χ0v) is 16.2. The van der Waals surface area contributed by atoms with Crippen molar-refractivity contribution in [2.75, 3.05) is 7.05 Å². The number of para-hydroxylation sites is 1. The minimum Gasteiger partial charge on any atom is -0.449 e. The summed E-state index contributed by atoms with van der Waals surface area (Å²) < 4.78 is 44.5. The molecular formula is C18H11F3N2O4S2. The van der Waals surface area contributed by atoms with Gasteiger partial charge in [0, 0.05) is 18.7 Å². The zero-order valence-electron chi connectivity index (χ0n) is 14.6. The van der Waals surface area contributed by atoms with Crippen molar-refractivity contribution < 1.29 is 27.6 Å². The standard InChI is InChI=1S/C18H11F3N2O4S2/c1-22-16(24)15(29-17(22)28)8-10-4-2-3-5-13(10)27-14-7-6-11(18(19,20)21)9-12(14)23(25)26/h2-9H,1H3. The van der Waals surface area contributed by atoms with Crippen LogP contribution in [0.4, 0.5) is 18.9 Å². The second-order valence-electron chi connectivity index (χ2n) is 5.82. The van der Waals surface area contributed by atoms with E-state index in [0.717, 1.165) is 17.8 Å². The highest BCUT2D eigenvalue weighted by Crippen LogP contribution is 2.39. The number of hydrogen-bond acceptors (Lipinski definition) is 6. The molecule has 3 rings (SSSR count). The highest BCUT2D eigenvalue weighted by Gasteiger charge is 2.33. The van der Waals surface area contributed by atoms with Crippen molar-refractivity contribution in [3.63, 3.8) is 0 Å². The highest BCUT2D eigenvalue weighted by atomic mass is 32.2. The van der Waals surface area contributed by atoms with E-state index >= 15 is 0 Å². The van der Waals surface area contributed by atoms with Crippen LogP contribution in [0.1, 0.15) is 11.1 Å². The molecular weight excluding hydrogens is 429 g/mol. The van der Waals surface area contributed by atoms with Gasteiger partial charge in [-0.2, -0.15) is 13.2 Å². The van der Waals surface area contributed by atoms with Gasteiger partial charge in [-0.05, 0) is 24.3 Å². The summed E-state index contributed by atoms with van der Waals surface area (Å²) in [5.41, 5.74) is -1.57. The Hall–Kier alpha value is -2.92. The molecule has 0 saturated carbocycles. The molecule has 0 radical (unpaired) electrons. The molecule has 0 atom stereocenters. The first kappa shape index (κ1) is 20.8. The lowest BCUT2D eigenvalue weighted by Gasteiger charge is -2.11. The van der Waals surface area contributed by atoms with Gasteiger partial charge in [0.2, 0.25) is 5.75 Å². The van der Waals surface area contributed by atoms with Crippen molar-refractivity contribution in [2.45, 2.75) is 6.18 Å². The zero-order chi connectivity index (χ0) is 21.3. The van der Waals surface area contributed by atoms with Crippen molar-refractivity contribution in [3.8, 4) is 11.5 Å². The van der Waals surface area contributed by atoms with E-state index in [1.165, 1.54) is 24.1 Å². The Morgan fingerprint density at radius 3 is 2.48 bits per heavy atom. The van der Waals surface area contributed by atoms with Crippen LogP contribution in [0.3, 0.4) is 0 Å². The minimum absolute atomic E-state index is 0.136. The molecule has 1 heterocycles. The Labute approximate surface area is 172 Å². The lowest BCUT2D eigenvalue weighted by atomic mass is 10.1. The van der Waals surface area contributed by atoms with Crippen LogP contribution >= 0.6 is 24.0 Å². The maximum absolute atomic E-state index is 12.9. The highest BCUT2D eigenvalue weighted by molar-refractivity contribution is 8.26. The first-order chi connectivity index (χ1) is 13.6. The lowest BCUT2D eigenvalue weighted by Crippen LogP contribution is -2.22. The third-order valence-electron chi connectivity index (χ3n) is 3.90. The number of ether oxygens (including phenoxy) is 1. The number of rotatable bonds is 4. The fourth-order valence-electron chi connectivity index (χ4n) is 2.42. The predicted octanol–water partition coefficient (Wildman–Crippen LogP) is 5.24. The van der Waals surface area contributed by atoms with Crippen LogP contribution in [0.2, 0.25) is 0 Å². The topological polar surface area (TPSA) is 72.7 Å². The number of halogens is 3. The van der Waals surface area contributed by atoms with Crippen molar-refractivity contribution in [1.82, 2.24) is 4.90 Å². The van der Waals surface area contributed by atoms with Gasteiger partial charge in [0.1, 0.15) is 10.1 Å². The molecule has 1 aliphatic heterocycles. The average molecular weight is 440 g/mol. The van der Waals surface area contributed by atoms with Crippen molar-refractivity contribution in [2.24, 2.45) is 0 Å². The molecule has 2 aromatic rings. The number of carbonyl (C=O) groups is 1. The Morgan fingerprint density at radius 1 is 1.21 bits per heavy atom. The minimum atomic E-state index is -4.73. The molecule has 29 heavy (non-hydrogen) atoms. The van der Waals surface area contributed by atoms with E-state index in [4.69, 9.17) is 17.0 Å². The maximum atomic E-state index is 12.9. The molecule has 150 valence electrons. The van der Waals surface area contributed by atoms with E-state index in [2.05, 4.69) is 0 Å². The van der Waals surface area contributed by atoms with E-state index in [1.54, 1.807) is 18.2 Å². The summed E-state index contributed by atoms with van der Waals surface area (Å²) in [4.78, 5) is 24.1. The number of thioether (sulfide) groups is 1. The van der Waals surface area contributed by atoms with Crippen molar-refractivity contribution in [1.29, 1.82) is 0 Å². The largest absolute Gasteiger partial charge is 0.449 e. The first-order valence-electron chi connectivity index (χ1n) is 7.92. The third-order valence-corrected chi connectivity index (χ3v) is 5.38. The molecule has 0 aromatic heterocycles. The van der Waals surface area contributed by atoms with Gasteiger partial charge in [-0.15, -0.1) is 0 Å². The number of hydrogen-bond donors (Lipinski definition) is 0. The number of amides is 1. The normalized spacial score (nSPS) is 15.9. The van der Waals surface area contributed by atoms with E-state index in [1.807, 2.05) is 0 Å². The SMILES string of the molecule is CN1C(=O)C(=Cc2ccccc2Oc2ccc(C(F)(F)F)cc2[N+](=O)[O-])SC1=S. The molecule has 1 fully saturated rings. The number of alkyl halides is 3. The molecule has 0 aliphatic carbocycles. The van der Waals surface area contributed by atoms with Gasteiger partial charge in [-0.25, -0.2) is 0 Å². The van der Waals surface area contributed by atoms with Gasteiger partial charge >= 0.3 is 11.9 Å². The Morgan fingerprint density at radius 2 is 1.90 bits per heavy atom. The van der Waals surface area contributed by atoms with Gasteiger partial charge in [0.15, 0.2) is 0 Å². The van der Waals surface area contributed by atoms with Crippen LogP contribution in [-0.4, -0.2) is 27.1 Å². The number of carbonyl (C=O) groups excluding carboxylic acids is 1. The molecule has 1 saturated heterocycles. The van der Waals surface area contributed by atoms with Gasteiger partial charge < -0.3 is 4.74 Å². The second-order valence-corrected chi connectivity index (χ2v) is 7.49. The molecule has 0 bridgehead atoms. The van der Waals surface area contributed by atoms with E-state index < -0.39 is 22.4 Å². The summed E-state index contributed by atoms with van der Waals surface area (Å²) in [6, 6.07) is 8.35. The predicted molar refractivity (Wildman–Crippen MR) is 106 cm³/mol. The molecule has 11 heteroatoms. The first-order valence-corrected chi connectivity index (χ1v) is 9.14. The van der Waals surface area contributed by atoms with Crippen LogP contribution in [0.25, 0.3) is 6.08 Å². The Balaban J connectivity index is 2.00. The summed E-state index contributed by atoms with van der Waals surface area (Å²) in [7, 11) is 1.53. The quantitative estimate of drug-likeness (QED) is 0.280. The summed E-state index contributed by atoms with van der Waals surface area (Å²) >= 11 is 6.15. The smallest absolute Gasteiger partial charge is 0.416 e. The molecule has 0 unspecified atom stereocenters. The number of nitro groups is 1. The maximum Gasteiger partial charge on any atom is 0.416 e.